The Kier molecular flexibility index (Phi) is 2.92. The third kappa shape index (κ3) is 2.07. The lowest BCUT2D eigenvalue weighted by Gasteiger charge is -2.27. The quantitative estimate of drug-likeness (QED) is 0.606. The van der Waals surface area contributed by atoms with Gasteiger partial charge in [0.25, 0.3) is 0 Å². The van der Waals surface area contributed by atoms with Crippen LogP contribution in [0.2, 0.25) is 0 Å². The molecule has 1 heterocycles. The summed E-state index contributed by atoms with van der Waals surface area (Å²) in [5.41, 5.74) is 0.371. The summed E-state index contributed by atoms with van der Waals surface area (Å²) in [5, 5.41) is 0. The number of hydrogen-bond acceptors (Lipinski definition) is 1. The van der Waals surface area contributed by atoms with E-state index in [4.69, 9.17) is 4.74 Å². The van der Waals surface area contributed by atoms with Crippen LogP contribution in [0, 0.1) is 5.92 Å². The van der Waals surface area contributed by atoms with E-state index in [1.54, 1.807) is 0 Å². The second-order valence-corrected chi connectivity index (χ2v) is 4.79. The standard InChI is InChI=1S/C12H22O/c1-2-3-9-12(10-13-12)11-7-5-4-6-8-11/h11H,2-10H2,1H3. The van der Waals surface area contributed by atoms with E-state index in [1.807, 2.05) is 0 Å². The molecule has 0 aromatic heterocycles. The summed E-state index contributed by atoms with van der Waals surface area (Å²) in [6.07, 6.45) is 11.2. The zero-order valence-corrected chi connectivity index (χ0v) is 8.85. The van der Waals surface area contributed by atoms with Crippen molar-refractivity contribution in [2.45, 2.75) is 63.9 Å². The maximum atomic E-state index is 5.74. The number of epoxide rings is 1. The minimum atomic E-state index is 0.371. The zero-order chi connectivity index (χ0) is 9.15. The predicted molar refractivity (Wildman–Crippen MR) is 54.8 cm³/mol. The highest BCUT2D eigenvalue weighted by atomic mass is 16.6. The van der Waals surface area contributed by atoms with Crippen molar-refractivity contribution >= 4 is 0 Å². The molecule has 76 valence electrons. The van der Waals surface area contributed by atoms with Crippen molar-refractivity contribution in [2.75, 3.05) is 6.61 Å². The molecule has 1 unspecified atom stereocenters. The fourth-order valence-corrected chi connectivity index (χ4v) is 2.78. The molecule has 1 nitrogen and oxygen atoms in total. The van der Waals surface area contributed by atoms with Gasteiger partial charge in [-0.2, -0.15) is 0 Å². The number of rotatable bonds is 4. The molecule has 1 aliphatic carbocycles. The summed E-state index contributed by atoms with van der Waals surface area (Å²) in [4.78, 5) is 0. The van der Waals surface area contributed by atoms with Crippen LogP contribution < -0.4 is 0 Å². The van der Waals surface area contributed by atoms with Gasteiger partial charge in [-0.3, -0.25) is 0 Å². The Morgan fingerprint density at radius 3 is 2.46 bits per heavy atom. The molecule has 0 radical (unpaired) electrons. The first kappa shape index (κ1) is 9.51. The molecule has 1 saturated carbocycles. The van der Waals surface area contributed by atoms with Gasteiger partial charge in [0.1, 0.15) is 0 Å². The predicted octanol–water partition coefficient (Wildman–Crippen LogP) is 3.53. The van der Waals surface area contributed by atoms with Gasteiger partial charge >= 0.3 is 0 Å². The van der Waals surface area contributed by atoms with E-state index in [0.29, 0.717) is 5.60 Å². The molecule has 0 N–H and O–H groups in total. The van der Waals surface area contributed by atoms with Crippen LogP contribution in [0.15, 0.2) is 0 Å². The Hall–Kier alpha value is -0.0400. The molecule has 1 aliphatic heterocycles. The van der Waals surface area contributed by atoms with Crippen molar-refractivity contribution in [3.05, 3.63) is 0 Å². The highest BCUT2D eigenvalue weighted by molar-refractivity contribution is 4.98. The molecule has 2 rings (SSSR count). The van der Waals surface area contributed by atoms with Gasteiger partial charge in [-0.1, -0.05) is 39.0 Å². The van der Waals surface area contributed by atoms with Crippen molar-refractivity contribution in [1.29, 1.82) is 0 Å². The lowest BCUT2D eigenvalue weighted by molar-refractivity contribution is 0.161. The van der Waals surface area contributed by atoms with E-state index in [1.165, 1.54) is 51.4 Å². The average molecular weight is 182 g/mol. The van der Waals surface area contributed by atoms with E-state index in [-0.39, 0.29) is 0 Å². The van der Waals surface area contributed by atoms with Crippen molar-refractivity contribution in [3.8, 4) is 0 Å². The summed E-state index contributed by atoms with van der Waals surface area (Å²) in [5.74, 6) is 0.910. The van der Waals surface area contributed by atoms with Gasteiger partial charge in [-0.25, -0.2) is 0 Å². The molecule has 1 atom stereocenters. The van der Waals surface area contributed by atoms with Crippen molar-refractivity contribution < 1.29 is 4.74 Å². The summed E-state index contributed by atoms with van der Waals surface area (Å²) in [6, 6.07) is 0. The first-order valence-electron chi connectivity index (χ1n) is 6.01. The molecule has 0 bridgehead atoms. The zero-order valence-electron chi connectivity index (χ0n) is 8.85. The lowest BCUT2D eigenvalue weighted by Crippen LogP contribution is -2.26. The Balaban J connectivity index is 1.82. The molecule has 0 aromatic rings. The average Bonchev–Trinajstić information content (AvgIpc) is 2.97. The first-order valence-corrected chi connectivity index (χ1v) is 6.01. The third-order valence-electron chi connectivity index (χ3n) is 3.82. The molecule has 13 heavy (non-hydrogen) atoms. The van der Waals surface area contributed by atoms with E-state index >= 15 is 0 Å². The topological polar surface area (TPSA) is 12.5 Å². The van der Waals surface area contributed by atoms with Gasteiger partial charge in [-0.05, 0) is 25.2 Å². The van der Waals surface area contributed by atoms with Crippen LogP contribution in [-0.2, 0) is 4.74 Å². The highest BCUT2D eigenvalue weighted by Crippen LogP contribution is 2.46. The van der Waals surface area contributed by atoms with Gasteiger partial charge in [0, 0.05) is 0 Å². The van der Waals surface area contributed by atoms with Gasteiger partial charge in [0.15, 0.2) is 0 Å². The van der Waals surface area contributed by atoms with Crippen molar-refractivity contribution in [1.82, 2.24) is 0 Å². The van der Waals surface area contributed by atoms with Gasteiger partial charge in [0.2, 0.25) is 0 Å². The summed E-state index contributed by atoms with van der Waals surface area (Å²) < 4.78 is 5.74. The Morgan fingerprint density at radius 2 is 1.92 bits per heavy atom. The molecule has 2 aliphatic rings. The summed E-state index contributed by atoms with van der Waals surface area (Å²) in [6.45, 7) is 3.34. The van der Waals surface area contributed by atoms with Crippen LogP contribution >= 0.6 is 0 Å². The number of unbranched alkanes of at least 4 members (excludes halogenated alkanes) is 1. The second-order valence-electron chi connectivity index (χ2n) is 4.79. The summed E-state index contributed by atoms with van der Waals surface area (Å²) in [7, 11) is 0. The normalized spacial score (nSPS) is 34.8. The molecule has 0 spiro atoms. The van der Waals surface area contributed by atoms with Crippen LogP contribution in [0.25, 0.3) is 0 Å². The van der Waals surface area contributed by atoms with Crippen molar-refractivity contribution in [2.24, 2.45) is 5.92 Å². The van der Waals surface area contributed by atoms with Crippen LogP contribution in [0.3, 0.4) is 0 Å². The van der Waals surface area contributed by atoms with E-state index in [0.717, 1.165) is 12.5 Å². The fourth-order valence-electron chi connectivity index (χ4n) is 2.78. The molecule has 2 fully saturated rings. The van der Waals surface area contributed by atoms with E-state index in [9.17, 15) is 0 Å². The monoisotopic (exact) mass is 182 g/mol. The molecule has 0 aromatic carbocycles. The van der Waals surface area contributed by atoms with E-state index in [2.05, 4.69) is 6.92 Å². The van der Waals surface area contributed by atoms with Crippen molar-refractivity contribution in [3.63, 3.8) is 0 Å². The molecule has 1 saturated heterocycles. The maximum absolute atomic E-state index is 5.74. The minimum Gasteiger partial charge on any atom is -0.369 e. The van der Waals surface area contributed by atoms with Crippen LogP contribution in [0.1, 0.15) is 58.3 Å². The third-order valence-corrected chi connectivity index (χ3v) is 3.82. The van der Waals surface area contributed by atoms with Gasteiger partial charge < -0.3 is 4.74 Å². The Labute approximate surface area is 81.9 Å². The highest BCUT2D eigenvalue weighted by Gasteiger charge is 2.50. The number of hydrogen-bond donors (Lipinski definition) is 0. The molecule has 1 heteroatoms. The SMILES string of the molecule is CCCCC1(C2CCCCC2)CO1. The first-order chi connectivity index (χ1) is 6.37. The largest absolute Gasteiger partial charge is 0.369 e. The Morgan fingerprint density at radius 1 is 1.23 bits per heavy atom. The molecular formula is C12H22O. The van der Waals surface area contributed by atoms with E-state index < -0.39 is 0 Å². The molecular weight excluding hydrogens is 160 g/mol. The maximum Gasteiger partial charge on any atom is 0.0944 e. The van der Waals surface area contributed by atoms with Crippen LogP contribution in [0.5, 0.6) is 0 Å². The van der Waals surface area contributed by atoms with Gasteiger partial charge in [-0.15, -0.1) is 0 Å². The fraction of sp³-hybridized carbons (Fsp3) is 1.00. The van der Waals surface area contributed by atoms with Gasteiger partial charge in [0.05, 0.1) is 12.2 Å². The second kappa shape index (κ2) is 4.00. The Bertz CT molecular complexity index is 155. The summed E-state index contributed by atoms with van der Waals surface area (Å²) >= 11 is 0. The minimum absolute atomic E-state index is 0.371. The lowest BCUT2D eigenvalue weighted by atomic mass is 9.78. The van der Waals surface area contributed by atoms with Crippen LogP contribution in [0.4, 0.5) is 0 Å². The number of ether oxygens (including phenoxy) is 1. The smallest absolute Gasteiger partial charge is 0.0944 e. The molecule has 0 amide bonds. The van der Waals surface area contributed by atoms with Crippen LogP contribution in [-0.4, -0.2) is 12.2 Å².